The first-order valence-corrected chi connectivity index (χ1v) is 7.28. The number of nitrogens with zero attached hydrogens (tertiary/aromatic N) is 3. The summed E-state index contributed by atoms with van der Waals surface area (Å²) in [5.74, 6) is 5.94. The van der Waals surface area contributed by atoms with Crippen LogP contribution in [-0.2, 0) is 11.3 Å². The van der Waals surface area contributed by atoms with Crippen molar-refractivity contribution < 1.29 is 9.53 Å². The second-order valence-corrected chi connectivity index (χ2v) is 5.14. The van der Waals surface area contributed by atoms with Gasteiger partial charge in [0, 0.05) is 32.7 Å². The van der Waals surface area contributed by atoms with Crippen molar-refractivity contribution in [2.75, 3.05) is 38.2 Å². The molecule has 0 aliphatic carbocycles. The van der Waals surface area contributed by atoms with Crippen LogP contribution in [0.2, 0.25) is 5.02 Å². The Morgan fingerprint density at radius 2 is 2.14 bits per heavy atom. The predicted molar refractivity (Wildman–Crippen MR) is 80.9 cm³/mol. The number of hydrogen-bond acceptors (Lipinski definition) is 6. The fourth-order valence-electron chi connectivity index (χ4n) is 2.19. The molecule has 1 fully saturated rings. The van der Waals surface area contributed by atoms with Crippen LogP contribution in [0.3, 0.4) is 0 Å². The Bertz CT molecular complexity index is 491. The van der Waals surface area contributed by atoms with Crippen molar-refractivity contribution in [1.29, 1.82) is 0 Å². The van der Waals surface area contributed by atoms with Crippen LogP contribution < -0.4 is 11.3 Å². The summed E-state index contributed by atoms with van der Waals surface area (Å²) in [7, 11) is 0. The molecule has 1 aliphatic rings. The Balaban J connectivity index is 1.90. The zero-order valence-electron chi connectivity index (χ0n) is 12.0. The molecule has 1 saturated heterocycles. The number of piperazine rings is 1. The number of anilines is 1. The van der Waals surface area contributed by atoms with Crippen molar-refractivity contribution in [2.45, 2.75) is 13.5 Å². The normalized spacial score (nSPS) is 15.9. The van der Waals surface area contributed by atoms with E-state index in [0.29, 0.717) is 37.1 Å². The van der Waals surface area contributed by atoms with E-state index < -0.39 is 0 Å². The van der Waals surface area contributed by atoms with Gasteiger partial charge in [-0.15, -0.1) is 0 Å². The fourth-order valence-corrected chi connectivity index (χ4v) is 2.36. The largest absolute Gasteiger partial charge is 0.450 e. The SMILES string of the molecule is CCOC(=O)N1CCN(Cc2nc(NN)ccc2Cl)CC1. The molecule has 2 heterocycles. The van der Waals surface area contributed by atoms with E-state index in [1.165, 1.54) is 0 Å². The van der Waals surface area contributed by atoms with Gasteiger partial charge in [-0.1, -0.05) is 11.6 Å². The summed E-state index contributed by atoms with van der Waals surface area (Å²) in [4.78, 5) is 19.9. The first-order valence-electron chi connectivity index (χ1n) is 6.90. The van der Waals surface area contributed by atoms with Gasteiger partial charge in [-0.2, -0.15) is 0 Å². The van der Waals surface area contributed by atoms with Gasteiger partial charge in [0.2, 0.25) is 0 Å². The van der Waals surface area contributed by atoms with E-state index in [0.717, 1.165) is 18.8 Å². The number of nitrogens with two attached hydrogens (primary N) is 1. The maximum atomic E-state index is 11.6. The molecule has 21 heavy (non-hydrogen) atoms. The number of nitrogen functional groups attached to an aromatic ring is 1. The lowest BCUT2D eigenvalue weighted by atomic mass is 10.2. The number of halogens is 1. The average molecular weight is 314 g/mol. The number of pyridine rings is 1. The maximum Gasteiger partial charge on any atom is 0.409 e. The lowest BCUT2D eigenvalue weighted by Gasteiger charge is -2.33. The van der Waals surface area contributed by atoms with E-state index in [2.05, 4.69) is 15.3 Å². The highest BCUT2D eigenvalue weighted by Crippen LogP contribution is 2.18. The van der Waals surface area contributed by atoms with Gasteiger partial charge in [0.05, 0.1) is 17.3 Å². The highest BCUT2D eigenvalue weighted by Gasteiger charge is 2.22. The van der Waals surface area contributed by atoms with Gasteiger partial charge >= 0.3 is 6.09 Å². The fraction of sp³-hybridized carbons (Fsp3) is 0.538. The van der Waals surface area contributed by atoms with Crippen molar-refractivity contribution in [3.63, 3.8) is 0 Å². The Morgan fingerprint density at radius 1 is 1.43 bits per heavy atom. The monoisotopic (exact) mass is 313 g/mol. The Hall–Kier alpha value is -1.57. The molecular weight excluding hydrogens is 294 g/mol. The van der Waals surface area contributed by atoms with Crippen LogP contribution in [0.5, 0.6) is 0 Å². The smallest absolute Gasteiger partial charge is 0.409 e. The standard InChI is InChI=1S/C13H20ClN5O2/c1-2-21-13(20)19-7-5-18(6-8-19)9-11-10(14)3-4-12(16-11)17-15/h3-4H,2,5-9,15H2,1H3,(H,16,17). The Morgan fingerprint density at radius 3 is 2.76 bits per heavy atom. The van der Waals surface area contributed by atoms with Gasteiger partial charge in [-0.25, -0.2) is 15.6 Å². The molecule has 0 atom stereocenters. The number of hydrazine groups is 1. The molecule has 116 valence electrons. The maximum absolute atomic E-state index is 11.6. The molecule has 1 aliphatic heterocycles. The van der Waals surface area contributed by atoms with Gasteiger partial charge in [0.1, 0.15) is 5.82 Å². The lowest BCUT2D eigenvalue weighted by molar-refractivity contribution is 0.0775. The van der Waals surface area contributed by atoms with E-state index in [1.807, 2.05) is 0 Å². The number of amides is 1. The molecule has 0 aromatic carbocycles. The summed E-state index contributed by atoms with van der Waals surface area (Å²) < 4.78 is 5.00. The zero-order chi connectivity index (χ0) is 15.2. The van der Waals surface area contributed by atoms with E-state index in [-0.39, 0.29) is 6.09 Å². The summed E-state index contributed by atoms with van der Waals surface area (Å²) in [6, 6.07) is 3.50. The van der Waals surface area contributed by atoms with Crippen LogP contribution in [0.4, 0.5) is 10.6 Å². The van der Waals surface area contributed by atoms with E-state index >= 15 is 0 Å². The number of carbonyl (C=O) groups excluding carboxylic acids is 1. The van der Waals surface area contributed by atoms with Crippen LogP contribution in [-0.4, -0.2) is 53.7 Å². The summed E-state index contributed by atoms with van der Waals surface area (Å²) in [6.07, 6.45) is -0.248. The minimum atomic E-state index is -0.248. The van der Waals surface area contributed by atoms with Gasteiger partial charge in [-0.3, -0.25) is 4.90 Å². The number of ether oxygens (including phenoxy) is 1. The summed E-state index contributed by atoms with van der Waals surface area (Å²) in [5.41, 5.74) is 3.28. The second kappa shape index (κ2) is 7.44. The summed E-state index contributed by atoms with van der Waals surface area (Å²) in [6.45, 7) is 5.65. The number of hydrogen-bond donors (Lipinski definition) is 2. The Labute approximate surface area is 129 Å². The molecule has 1 aromatic heterocycles. The van der Waals surface area contributed by atoms with Gasteiger partial charge < -0.3 is 15.1 Å². The third-order valence-electron chi connectivity index (χ3n) is 3.34. The van der Waals surface area contributed by atoms with E-state index in [9.17, 15) is 4.79 Å². The van der Waals surface area contributed by atoms with Crippen LogP contribution in [0.1, 0.15) is 12.6 Å². The molecule has 0 unspecified atom stereocenters. The van der Waals surface area contributed by atoms with Crippen LogP contribution in [0.25, 0.3) is 0 Å². The Kier molecular flexibility index (Phi) is 5.60. The second-order valence-electron chi connectivity index (χ2n) is 4.73. The summed E-state index contributed by atoms with van der Waals surface area (Å²) in [5, 5.41) is 0.613. The highest BCUT2D eigenvalue weighted by molar-refractivity contribution is 6.31. The van der Waals surface area contributed by atoms with Crippen molar-refractivity contribution in [3.05, 3.63) is 22.8 Å². The molecule has 0 spiro atoms. The van der Waals surface area contributed by atoms with E-state index in [1.54, 1.807) is 24.0 Å². The molecule has 2 rings (SSSR count). The minimum Gasteiger partial charge on any atom is -0.450 e. The quantitative estimate of drug-likeness (QED) is 0.644. The van der Waals surface area contributed by atoms with Crippen molar-refractivity contribution in [3.8, 4) is 0 Å². The van der Waals surface area contributed by atoms with Crippen molar-refractivity contribution >= 4 is 23.5 Å². The molecule has 1 aromatic rings. The molecular formula is C13H20ClN5O2. The molecule has 0 radical (unpaired) electrons. The molecule has 1 amide bonds. The molecule has 0 saturated carbocycles. The van der Waals surface area contributed by atoms with Crippen LogP contribution in [0, 0.1) is 0 Å². The molecule has 3 N–H and O–H groups in total. The minimum absolute atomic E-state index is 0.248. The van der Waals surface area contributed by atoms with Crippen LogP contribution >= 0.6 is 11.6 Å². The van der Waals surface area contributed by atoms with Crippen molar-refractivity contribution in [1.82, 2.24) is 14.8 Å². The van der Waals surface area contributed by atoms with Crippen molar-refractivity contribution in [2.24, 2.45) is 5.84 Å². The zero-order valence-corrected chi connectivity index (χ0v) is 12.8. The lowest BCUT2D eigenvalue weighted by Crippen LogP contribution is -2.48. The topological polar surface area (TPSA) is 83.7 Å². The first kappa shape index (κ1) is 15.8. The molecule has 7 nitrogen and oxygen atoms in total. The van der Waals surface area contributed by atoms with Gasteiger partial charge in [0.15, 0.2) is 0 Å². The number of rotatable bonds is 4. The van der Waals surface area contributed by atoms with E-state index in [4.69, 9.17) is 22.2 Å². The third kappa shape index (κ3) is 4.20. The van der Waals surface area contributed by atoms with Gasteiger partial charge in [-0.05, 0) is 19.1 Å². The predicted octanol–water partition coefficient (Wildman–Crippen LogP) is 1.29. The highest BCUT2D eigenvalue weighted by atomic mass is 35.5. The molecule has 8 heteroatoms. The summed E-state index contributed by atoms with van der Waals surface area (Å²) >= 11 is 6.15. The third-order valence-corrected chi connectivity index (χ3v) is 3.68. The number of carbonyl (C=O) groups is 1. The first-order chi connectivity index (χ1) is 10.1. The average Bonchev–Trinajstić information content (AvgIpc) is 2.50. The van der Waals surface area contributed by atoms with Crippen LogP contribution in [0.15, 0.2) is 12.1 Å². The van der Waals surface area contributed by atoms with Gasteiger partial charge in [0.25, 0.3) is 0 Å². The number of nitrogens with one attached hydrogen (secondary N) is 1. The number of aromatic nitrogens is 1. The molecule has 0 bridgehead atoms.